The molecule has 0 spiro atoms. The molecule has 0 saturated carbocycles. The maximum Gasteiger partial charge on any atom is 0.435 e. The molecule has 176 valence electrons. The van der Waals surface area contributed by atoms with Crippen LogP contribution in [0.4, 0.5) is 13.2 Å². The molecule has 0 aliphatic heterocycles. The number of pyridine rings is 1. The second-order valence-corrected chi connectivity index (χ2v) is 8.51. The highest BCUT2D eigenvalue weighted by molar-refractivity contribution is 6.37. The zero-order valence-electron chi connectivity index (χ0n) is 17.9. The summed E-state index contributed by atoms with van der Waals surface area (Å²) in [4.78, 5) is 4.48. The molecular formula is C26H16Cl2F3N3O. The summed E-state index contributed by atoms with van der Waals surface area (Å²) in [5.41, 5.74) is 2.03. The van der Waals surface area contributed by atoms with Crippen LogP contribution in [0.3, 0.4) is 0 Å². The molecular weight excluding hydrogens is 498 g/mol. The molecule has 4 nitrogen and oxygen atoms in total. The standard InChI is InChI=1S/C26H16Cl2F3N3O/c27-21-7-2-8-22(28)25(21)34-18(14-23(33-34)26(29,30)31)15-35-19-11-9-16(10-12-19)20-6-1-4-17-5-3-13-32-24(17)20/h1-14H,15H2. The molecule has 5 rings (SSSR count). The summed E-state index contributed by atoms with van der Waals surface area (Å²) in [5, 5.41) is 5.07. The van der Waals surface area contributed by atoms with Crippen molar-refractivity contribution < 1.29 is 17.9 Å². The van der Waals surface area contributed by atoms with Gasteiger partial charge < -0.3 is 4.74 Å². The van der Waals surface area contributed by atoms with E-state index in [1.54, 1.807) is 24.4 Å². The Morgan fingerprint density at radius 3 is 2.26 bits per heavy atom. The third-order valence-electron chi connectivity index (χ3n) is 5.41. The Bertz CT molecular complexity index is 1490. The van der Waals surface area contributed by atoms with E-state index in [9.17, 15) is 13.2 Å². The van der Waals surface area contributed by atoms with E-state index in [1.807, 2.05) is 42.5 Å². The van der Waals surface area contributed by atoms with Crippen LogP contribution in [-0.2, 0) is 12.8 Å². The maximum absolute atomic E-state index is 13.4. The number of rotatable bonds is 5. The van der Waals surface area contributed by atoms with Gasteiger partial charge in [0.05, 0.1) is 21.3 Å². The number of halogens is 5. The van der Waals surface area contributed by atoms with Crippen molar-refractivity contribution in [2.45, 2.75) is 12.8 Å². The SMILES string of the molecule is FC(F)(F)c1cc(COc2ccc(-c3cccc4cccnc34)cc2)n(-c2c(Cl)cccc2Cl)n1. The molecule has 9 heteroatoms. The lowest BCUT2D eigenvalue weighted by Gasteiger charge is -2.12. The van der Waals surface area contributed by atoms with Gasteiger partial charge in [-0.05, 0) is 42.0 Å². The molecule has 0 fully saturated rings. The number of aromatic nitrogens is 3. The molecule has 0 atom stereocenters. The Kier molecular flexibility index (Phi) is 6.13. The van der Waals surface area contributed by atoms with Gasteiger partial charge in [-0.1, -0.05) is 65.7 Å². The molecule has 3 aromatic carbocycles. The molecule has 0 saturated heterocycles. The van der Waals surface area contributed by atoms with E-state index in [0.717, 1.165) is 32.8 Å². The van der Waals surface area contributed by atoms with Crippen molar-refractivity contribution >= 4 is 34.1 Å². The Morgan fingerprint density at radius 2 is 1.54 bits per heavy atom. The van der Waals surface area contributed by atoms with Gasteiger partial charge in [0, 0.05) is 17.1 Å². The van der Waals surface area contributed by atoms with Gasteiger partial charge in [0.15, 0.2) is 5.69 Å². The largest absolute Gasteiger partial charge is 0.487 e. The Hall–Kier alpha value is -3.55. The Labute approximate surface area is 208 Å². The van der Waals surface area contributed by atoms with Gasteiger partial charge >= 0.3 is 6.18 Å². The van der Waals surface area contributed by atoms with Crippen LogP contribution in [0, 0.1) is 0 Å². The number of fused-ring (bicyclic) bond motifs is 1. The first-order chi connectivity index (χ1) is 16.8. The quantitative estimate of drug-likeness (QED) is 0.239. The van der Waals surface area contributed by atoms with Crippen molar-refractivity contribution in [3.05, 3.63) is 106 Å². The average Bonchev–Trinajstić information content (AvgIpc) is 3.27. The summed E-state index contributed by atoms with van der Waals surface area (Å²) in [6.45, 7) is -0.181. The maximum atomic E-state index is 13.4. The van der Waals surface area contributed by atoms with Crippen LogP contribution in [0.1, 0.15) is 11.4 Å². The second kappa shape index (κ2) is 9.24. The fraction of sp³-hybridized carbons (Fsp3) is 0.0769. The highest BCUT2D eigenvalue weighted by atomic mass is 35.5. The lowest BCUT2D eigenvalue weighted by molar-refractivity contribution is -0.141. The van der Waals surface area contributed by atoms with Crippen LogP contribution >= 0.6 is 23.2 Å². The highest BCUT2D eigenvalue weighted by Gasteiger charge is 2.35. The minimum absolute atomic E-state index is 0.148. The summed E-state index contributed by atoms with van der Waals surface area (Å²) < 4.78 is 47.1. The smallest absolute Gasteiger partial charge is 0.435 e. The van der Waals surface area contributed by atoms with E-state index in [-0.39, 0.29) is 28.0 Å². The fourth-order valence-corrected chi connectivity index (χ4v) is 4.33. The Balaban J connectivity index is 1.43. The molecule has 2 heterocycles. The van der Waals surface area contributed by atoms with Crippen molar-refractivity contribution in [2.24, 2.45) is 0 Å². The normalized spacial score (nSPS) is 11.7. The minimum Gasteiger partial charge on any atom is -0.487 e. The van der Waals surface area contributed by atoms with Gasteiger partial charge in [-0.25, -0.2) is 4.68 Å². The van der Waals surface area contributed by atoms with Gasteiger partial charge in [0.2, 0.25) is 0 Å². The van der Waals surface area contributed by atoms with E-state index in [4.69, 9.17) is 27.9 Å². The number of para-hydroxylation sites is 2. The summed E-state index contributed by atoms with van der Waals surface area (Å²) in [6.07, 6.45) is -2.89. The van der Waals surface area contributed by atoms with Crippen molar-refractivity contribution in [1.29, 1.82) is 0 Å². The minimum atomic E-state index is -4.64. The topological polar surface area (TPSA) is 39.9 Å². The monoisotopic (exact) mass is 513 g/mol. The molecule has 0 aliphatic carbocycles. The summed E-state index contributed by atoms with van der Waals surface area (Å²) in [5.74, 6) is 0.480. The number of nitrogens with zero attached hydrogens (tertiary/aromatic N) is 3. The third-order valence-corrected chi connectivity index (χ3v) is 6.02. The van der Waals surface area contributed by atoms with Gasteiger partial charge in [0.1, 0.15) is 18.0 Å². The number of alkyl halides is 3. The Morgan fingerprint density at radius 1 is 0.857 bits per heavy atom. The van der Waals surface area contributed by atoms with Gasteiger partial charge in [-0.3, -0.25) is 4.98 Å². The van der Waals surface area contributed by atoms with Crippen LogP contribution in [0.15, 0.2) is 85.1 Å². The molecule has 5 aromatic rings. The van der Waals surface area contributed by atoms with Crippen LogP contribution < -0.4 is 4.74 Å². The number of benzene rings is 3. The fourth-order valence-electron chi connectivity index (χ4n) is 3.77. The molecule has 0 radical (unpaired) electrons. The molecule has 0 amide bonds. The first-order valence-electron chi connectivity index (χ1n) is 10.5. The van der Waals surface area contributed by atoms with E-state index >= 15 is 0 Å². The molecule has 0 unspecified atom stereocenters. The highest BCUT2D eigenvalue weighted by Crippen LogP contribution is 2.34. The average molecular weight is 514 g/mol. The summed E-state index contributed by atoms with van der Waals surface area (Å²) in [7, 11) is 0. The van der Waals surface area contributed by atoms with E-state index < -0.39 is 11.9 Å². The molecule has 2 aromatic heterocycles. The first kappa shape index (κ1) is 23.2. The van der Waals surface area contributed by atoms with Crippen molar-refractivity contribution in [3.63, 3.8) is 0 Å². The van der Waals surface area contributed by atoms with Gasteiger partial charge in [-0.2, -0.15) is 18.3 Å². The number of ether oxygens (including phenoxy) is 1. The summed E-state index contributed by atoms with van der Waals surface area (Å²) >= 11 is 12.4. The van der Waals surface area contributed by atoms with Crippen LogP contribution in [0.2, 0.25) is 10.0 Å². The zero-order chi connectivity index (χ0) is 24.6. The van der Waals surface area contributed by atoms with Crippen LogP contribution in [0.25, 0.3) is 27.7 Å². The van der Waals surface area contributed by atoms with Gasteiger partial charge in [-0.15, -0.1) is 0 Å². The number of hydrogen-bond acceptors (Lipinski definition) is 3. The lowest BCUT2D eigenvalue weighted by Crippen LogP contribution is -2.09. The van der Waals surface area contributed by atoms with Gasteiger partial charge in [0.25, 0.3) is 0 Å². The number of hydrogen-bond donors (Lipinski definition) is 0. The van der Waals surface area contributed by atoms with Crippen molar-refractivity contribution in [1.82, 2.24) is 14.8 Å². The van der Waals surface area contributed by atoms with Crippen molar-refractivity contribution in [3.8, 4) is 22.6 Å². The molecule has 35 heavy (non-hydrogen) atoms. The molecule has 0 bridgehead atoms. The van der Waals surface area contributed by atoms with Crippen LogP contribution in [-0.4, -0.2) is 14.8 Å². The molecule has 0 N–H and O–H groups in total. The third kappa shape index (κ3) is 4.70. The first-order valence-corrected chi connectivity index (χ1v) is 11.2. The summed E-state index contributed by atoms with van der Waals surface area (Å²) in [6, 6.07) is 22.7. The lowest BCUT2D eigenvalue weighted by atomic mass is 10.0. The van der Waals surface area contributed by atoms with E-state index in [0.29, 0.717) is 5.75 Å². The zero-order valence-corrected chi connectivity index (χ0v) is 19.4. The predicted octanol–water partition coefficient (Wildman–Crippen LogP) is 7.99. The molecule has 0 aliphatic rings. The van der Waals surface area contributed by atoms with E-state index in [1.165, 1.54) is 12.1 Å². The second-order valence-electron chi connectivity index (χ2n) is 7.69. The van der Waals surface area contributed by atoms with Crippen LogP contribution in [0.5, 0.6) is 5.75 Å². The van der Waals surface area contributed by atoms with Crippen molar-refractivity contribution in [2.75, 3.05) is 0 Å². The van der Waals surface area contributed by atoms with E-state index in [2.05, 4.69) is 10.1 Å². The predicted molar refractivity (Wildman–Crippen MR) is 130 cm³/mol.